The second kappa shape index (κ2) is 6.07. The number of nitrogens with one attached hydrogen (secondary N) is 1. The molecule has 1 N–H and O–H groups in total. The molecule has 0 atom stereocenters. The minimum Gasteiger partial charge on any atom is -0.349 e. The molecule has 0 aliphatic carbocycles. The van der Waals surface area contributed by atoms with Crippen LogP contribution in [-0.4, -0.2) is 37.0 Å². The van der Waals surface area contributed by atoms with Crippen LogP contribution in [0.3, 0.4) is 0 Å². The van der Waals surface area contributed by atoms with E-state index in [2.05, 4.69) is 10.2 Å². The monoisotopic (exact) mass is 304 g/mol. The Hall–Kier alpha value is -0.840. The molecule has 0 aromatic heterocycles. The van der Waals surface area contributed by atoms with Crippen LogP contribution in [0.2, 0.25) is 10.0 Å². The van der Waals surface area contributed by atoms with Crippen LogP contribution in [0.15, 0.2) is 12.1 Å². The van der Waals surface area contributed by atoms with E-state index >= 15 is 0 Å². The number of benzene rings is 1. The Balaban J connectivity index is 2.06. The van der Waals surface area contributed by atoms with Crippen molar-refractivity contribution in [1.29, 1.82) is 0 Å². The van der Waals surface area contributed by atoms with Gasteiger partial charge >= 0.3 is 0 Å². The Bertz CT molecular complexity index is 488. The van der Waals surface area contributed by atoms with E-state index in [1.807, 2.05) is 7.05 Å². The largest absolute Gasteiger partial charge is 0.349 e. The molecule has 1 aliphatic heterocycles. The highest BCUT2D eigenvalue weighted by Crippen LogP contribution is 2.24. The number of nitrogens with zero attached hydrogens (tertiary/aromatic N) is 1. The van der Waals surface area contributed by atoms with E-state index in [1.54, 1.807) is 0 Å². The maximum Gasteiger partial charge on any atom is 0.253 e. The smallest absolute Gasteiger partial charge is 0.253 e. The Labute approximate surface area is 121 Å². The van der Waals surface area contributed by atoms with Gasteiger partial charge in [0.05, 0.1) is 15.6 Å². The summed E-state index contributed by atoms with van der Waals surface area (Å²) in [6.45, 7) is 1.88. The summed E-state index contributed by atoms with van der Waals surface area (Å²) in [6, 6.07) is 2.44. The van der Waals surface area contributed by atoms with Gasteiger partial charge in [-0.3, -0.25) is 4.79 Å². The van der Waals surface area contributed by atoms with Crippen molar-refractivity contribution in [3.8, 4) is 0 Å². The third-order valence-corrected chi connectivity index (χ3v) is 3.91. The Morgan fingerprint density at radius 2 is 1.95 bits per heavy atom. The highest BCUT2D eigenvalue weighted by molar-refractivity contribution is 6.36. The molecule has 2 rings (SSSR count). The highest BCUT2D eigenvalue weighted by Gasteiger charge is 2.21. The predicted octanol–water partition coefficient (Wildman–Crippen LogP) is 2.96. The second-order valence-corrected chi connectivity index (χ2v) is 5.61. The first kappa shape index (κ1) is 14.6. The lowest BCUT2D eigenvalue weighted by Gasteiger charge is -2.29. The Kier molecular flexibility index (Phi) is 4.66. The van der Waals surface area contributed by atoms with Gasteiger partial charge in [0.1, 0.15) is 5.82 Å². The van der Waals surface area contributed by atoms with Crippen molar-refractivity contribution in [1.82, 2.24) is 10.2 Å². The molecule has 1 aromatic carbocycles. The quantitative estimate of drug-likeness (QED) is 0.852. The van der Waals surface area contributed by atoms with Gasteiger partial charge in [-0.25, -0.2) is 4.39 Å². The summed E-state index contributed by atoms with van der Waals surface area (Å²) in [7, 11) is 2.05. The van der Waals surface area contributed by atoms with Crippen molar-refractivity contribution in [2.75, 3.05) is 20.1 Å². The molecular formula is C13H15Cl2FN2O. The number of piperidine rings is 1. The molecule has 1 heterocycles. The fourth-order valence-electron chi connectivity index (χ4n) is 2.11. The van der Waals surface area contributed by atoms with Crippen molar-refractivity contribution in [3.05, 3.63) is 33.6 Å². The molecule has 0 bridgehead atoms. The van der Waals surface area contributed by atoms with Crippen LogP contribution in [0.25, 0.3) is 0 Å². The molecule has 6 heteroatoms. The number of likely N-dealkylation sites (tertiary alicyclic amines) is 1. The first-order valence-electron chi connectivity index (χ1n) is 6.11. The third-order valence-electron chi connectivity index (χ3n) is 3.31. The van der Waals surface area contributed by atoms with Crippen molar-refractivity contribution < 1.29 is 9.18 Å². The molecule has 1 amide bonds. The molecule has 1 aromatic rings. The summed E-state index contributed by atoms with van der Waals surface area (Å²) in [6.07, 6.45) is 1.77. The number of carbonyl (C=O) groups excluding carboxylic acids is 1. The van der Waals surface area contributed by atoms with Gasteiger partial charge in [-0.2, -0.15) is 0 Å². The third kappa shape index (κ3) is 3.59. The average Bonchev–Trinajstić information content (AvgIpc) is 2.36. The summed E-state index contributed by atoms with van der Waals surface area (Å²) >= 11 is 11.5. The number of rotatable bonds is 2. The van der Waals surface area contributed by atoms with Crippen LogP contribution in [0.5, 0.6) is 0 Å². The minimum atomic E-state index is -0.639. The van der Waals surface area contributed by atoms with E-state index in [4.69, 9.17) is 23.2 Å². The molecular weight excluding hydrogens is 290 g/mol. The van der Waals surface area contributed by atoms with E-state index in [0.717, 1.165) is 32.0 Å². The van der Waals surface area contributed by atoms with Crippen LogP contribution >= 0.6 is 23.2 Å². The van der Waals surface area contributed by atoms with Gasteiger partial charge in [0.2, 0.25) is 0 Å². The SMILES string of the molecule is CN1CCC(NC(=O)c2cc(F)c(Cl)cc2Cl)CC1. The molecule has 0 unspecified atom stereocenters. The zero-order chi connectivity index (χ0) is 14.0. The van der Waals surface area contributed by atoms with Gasteiger partial charge in [-0.15, -0.1) is 0 Å². The minimum absolute atomic E-state index is 0.0826. The molecule has 3 nitrogen and oxygen atoms in total. The fraction of sp³-hybridized carbons (Fsp3) is 0.462. The van der Waals surface area contributed by atoms with Crippen molar-refractivity contribution in [2.45, 2.75) is 18.9 Å². The maximum absolute atomic E-state index is 13.4. The molecule has 0 radical (unpaired) electrons. The summed E-state index contributed by atoms with van der Waals surface area (Å²) in [4.78, 5) is 14.3. The lowest BCUT2D eigenvalue weighted by Crippen LogP contribution is -2.43. The van der Waals surface area contributed by atoms with E-state index in [9.17, 15) is 9.18 Å². The summed E-state index contributed by atoms with van der Waals surface area (Å²) in [5.41, 5.74) is 0.127. The summed E-state index contributed by atoms with van der Waals surface area (Å²) < 4.78 is 13.4. The van der Waals surface area contributed by atoms with Crippen LogP contribution in [0.4, 0.5) is 4.39 Å². The standard InChI is InChI=1S/C13H15Cl2FN2O/c1-18-4-2-8(3-5-18)17-13(19)9-6-12(16)11(15)7-10(9)14/h6-8H,2-5H2,1H3,(H,17,19). The van der Waals surface area contributed by atoms with Gasteiger partial charge in [-0.05, 0) is 45.1 Å². The first-order valence-corrected chi connectivity index (χ1v) is 6.87. The Morgan fingerprint density at radius 3 is 2.58 bits per heavy atom. The van der Waals surface area contributed by atoms with Crippen LogP contribution in [-0.2, 0) is 0 Å². The number of hydrogen-bond donors (Lipinski definition) is 1. The molecule has 1 fully saturated rings. The molecule has 19 heavy (non-hydrogen) atoms. The lowest BCUT2D eigenvalue weighted by atomic mass is 10.0. The molecule has 0 spiro atoms. The highest BCUT2D eigenvalue weighted by atomic mass is 35.5. The maximum atomic E-state index is 13.4. The summed E-state index contributed by atoms with van der Waals surface area (Å²) in [5, 5.41) is 2.96. The zero-order valence-electron chi connectivity index (χ0n) is 10.5. The lowest BCUT2D eigenvalue weighted by molar-refractivity contribution is 0.0916. The van der Waals surface area contributed by atoms with Crippen molar-refractivity contribution in [3.63, 3.8) is 0 Å². The molecule has 104 valence electrons. The van der Waals surface area contributed by atoms with E-state index in [0.29, 0.717) is 0 Å². The topological polar surface area (TPSA) is 32.3 Å². The van der Waals surface area contributed by atoms with Gasteiger partial charge in [0.15, 0.2) is 0 Å². The van der Waals surface area contributed by atoms with Gasteiger partial charge in [0.25, 0.3) is 5.91 Å². The molecule has 1 saturated heterocycles. The van der Waals surface area contributed by atoms with Crippen molar-refractivity contribution in [2.24, 2.45) is 0 Å². The zero-order valence-corrected chi connectivity index (χ0v) is 12.1. The van der Waals surface area contributed by atoms with Gasteiger partial charge in [-0.1, -0.05) is 23.2 Å². The van der Waals surface area contributed by atoms with E-state index < -0.39 is 5.82 Å². The van der Waals surface area contributed by atoms with Gasteiger partial charge in [0, 0.05) is 6.04 Å². The predicted molar refractivity (Wildman–Crippen MR) is 74.4 cm³/mol. The number of carbonyl (C=O) groups is 1. The van der Waals surface area contributed by atoms with Gasteiger partial charge < -0.3 is 10.2 Å². The normalized spacial score (nSPS) is 17.5. The molecule has 0 saturated carbocycles. The number of halogens is 3. The van der Waals surface area contributed by atoms with Crippen molar-refractivity contribution >= 4 is 29.1 Å². The van der Waals surface area contributed by atoms with E-state index in [1.165, 1.54) is 6.07 Å². The first-order chi connectivity index (χ1) is 8.97. The van der Waals surface area contributed by atoms with Crippen LogP contribution in [0, 0.1) is 5.82 Å². The Morgan fingerprint density at radius 1 is 1.32 bits per heavy atom. The summed E-state index contributed by atoms with van der Waals surface area (Å²) in [5.74, 6) is -0.991. The second-order valence-electron chi connectivity index (χ2n) is 4.80. The molecule has 1 aliphatic rings. The number of hydrogen-bond acceptors (Lipinski definition) is 2. The average molecular weight is 305 g/mol. The van der Waals surface area contributed by atoms with Crippen LogP contribution in [0.1, 0.15) is 23.2 Å². The number of amides is 1. The van der Waals surface area contributed by atoms with Crippen LogP contribution < -0.4 is 5.32 Å². The fourth-order valence-corrected chi connectivity index (χ4v) is 2.58. The van der Waals surface area contributed by atoms with E-state index in [-0.39, 0.29) is 27.6 Å².